The number of hydrogen-bond donors (Lipinski definition) is 2. The van der Waals surface area contributed by atoms with E-state index in [2.05, 4.69) is 10.4 Å². The number of rotatable bonds is 9. The lowest BCUT2D eigenvalue weighted by Gasteiger charge is -2.24. The van der Waals surface area contributed by atoms with Crippen LogP contribution in [0.25, 0.3) is 0 Å². The number of halogens is 1. The molecule has 0 radical (unpaired) electrons. The predicted octanol–water partition coefficient (Wildman–Crippen LogP) is 0.742. The van der Waals surface area contributed by atoms with Gasteiger partial charge in [-0.05, 0) is 6.92 Å². The summed E-state index contributed by atoms with van der Waals surface area (Å²) in [7, 11) is 3.12. The van der Waals surface area contributed by atoms with Crippen molar-refractivity contribution in [2.75, 3.05) is 39.3 Å². The van der Waals surface area contributed by atoms with Crippen LogP contribution in [0.4, 0.5) is 5.69 Å². The summed E-state index contributed by atoms with van der Waals surface area (Å²) in [4.78, 5) is 12.0. The van der Waals surface area contributed by atoms with Gasteiger partial charge >= 0.3 is 0 Å². The third-order valence-electron chi connectivity index (χ3n) is 3.00. The molecule has 1 rings (SSSR count). The molecule has 0 aliphatic rings. The first kappa shape index (κ1) is 17.9. The average Bonchev–Trinajstić information content (AvgIpc) is 2.46. The van der Waals surface area contributed by atoms with Crippen molar-refractivity contribution in [3.05, 3.63) is 21.6 Å². The number of ether oxygens (including phenoxy) is 2. The Kier molecular flexibility index (Phi) is 7.10. The first-order chi connectivity index (χ1) is 9.91. The van der Waals surface area contributed by atoms with Crippen LogP contribution in [0.2, 0.25) is 5.02 Å². The first-order valence-corrected chi connectivity index (χ1v) is 6.99. The van der Waals surface area contributed by atoms with Crippen molar-refractivity contribution >= 4 is 17.3 Å². The van der Waals surface area contributed by atoms with E-state index in [1.54, 1.807) is 21.1 Å². The smallest absolute Gasteiger partial charge is 0.287 e. The molecule has 0 spiro atoms. The zero-order chi connectivity index (χ0) is 15.9. The summed E-state index contributed by atoms with van der Waals surface area (Å²) in [5.74, 6) is 0. The van der Waals surface area contributed by atoms with Crippen LogP contribution in [-0.4, -0.2) is 54.5 Å². The van der Waals surface area contributed by atoms with Crippen LogP contribution in [0.1, 0.15) is 13.3 Å². The van der Waals surface area contributed by atoms with E-state index in [1.807, 2.05) is 0 Å². The fraction of sp³-hybridized carbons (Fsp3) is 0.692. The molecule has 0 bridgehead atoms. The highest BCUT2D eigenvalue weighted by Crippen LogP contribution is 2.17. The quantitative estimate of drug-likeness (QED) is 0.698. The van der Waals surface area contributed by atoms with Gasteiger partial charge in [0.15, 0.2) is 0 Å². The topological polar surface area (TPSA) is 85.6 Å². The van der Waals surface area contributed by atoms with E-state index < -0.39 is 11.2 Å². The van der Waals surface area contributed by atoms with Gasteiger partial charge in [-0.2, -0.15) is 5.10 Å². The molecule has 7 nitrogen and oxygen atoms in total. The number of nitrogens with one attached hydrogen (secondary N) is 1. The lowest BCUT2D eigenvalue weighted by atomic mass is 10.0. The van der Waals surface area contributed by atoms with Gasteiger partial charge in [0.1, 0.15) is 5.02 Å². The van der Waals surface area contributed by atoms with Crippen molar-refractivity contribution in [2.45, 2.75) is 25.5 Å². The van der Waals surface area contributed by atoms with Gasteiger partial charge in [-0.1, -0.05) is 11.6 Å². The molecule has 0 aliphatic carbocycles. The Hall–Kier alpha value is -1.15. The third-order valence-corrected chi connectivity index (χ3v) is 3.36. The minimum atomic E-state index is -0.968. The Morgan fingerprint density at radius 2 is 2.10 bits per heavy atom. The normalized spacial score (nSPS) is 14.0. The van der Waals surface area contributed by atoms with E-state index in [0.29, 0.717) is 31.9 Å². The molecule has 0 saturated carbocycles. The molecule has 0 aliphatic heterocycles. The second-order valence-electron chi connectivity index (χ2n) is 4.99. The number of methoxy groups -OCH3 is 2. The average molecular weight is 320 g/mol. The van der Waals surface area contributed by atoms with Gasteiger partial charge in [0.05, 0.1) is 30.6 Å². The number of nitrogens with zero attached hydrogens (tertiary/aromatic N) is 2. The van der Waals surface area contributed by atoms with Crippen molar-refractivity contribution in [3.63, 3.8) is 0 Å². The van der Waals surface area contributed by atoms with Gasteiger partial charge in [-0.15, -0.1) is 0 Å². The van der Waals surface area contributed by atoms with Crippen molar-refractivity contribution < 1.29 is 14.6 Å². The van der Waals surface area contributed by atoms with Gasteiger partial charge in [-0.25, -0.2) is 4.68 Å². The molecular formula is C13H22ClN3O4. The molecule has 2 N–H and O–H groups in total. The first-order valence-electron chi connectivity index (χ1n) is 6.61. The molecule has 0 amide bonds. The van der Waals surface area contributed by atoms with Gasteiger partial charge in [0, 0.05) is 33.8 Å². The van der Waals surface area contributed by atoms with E-state index in [0.717, 1.165) is 0 Å². The van der Waals surface area contributed by atoms with Crippen LogP contribution in [0.15, 0.2) is 11.0 Å². The lowest BCUT2D eigenvalue weighted by Crippen LogP contribution is -2.35. The highest BCUT2D eigenvalue weighted by atomic mass is 35.5. The second-order valence-corrected chi connectivity index (χ2v) is 5.36. The van der Waals surface area contributed by atoms with E-state index in [9.17, 15) is 9.90 Å². The monoisotopic (exact) mass is 319 g/mol. The maximum absolute atomic E-state index is 12.0. The van der Waals surface area contributed by atoms with Crippen LogP contribution in [0.5, 0.6) is 0 Å². The standard InChI is InChI=1S/C13H22ClN3O4/c1-13(19,4-6-20-2)9-15-10-8-16-17(5-7-21-3)12(18)11(10)14/h8,15,19H,4-7,9H2,1-3H3. The van der Waals surface area contributed by atoms with E-state index in [-0.39, 0.29) is 11.6 Å². The summed E-state index contributed by atoms with van der Waals surface area (Å²) in [5.41, 5.74) is -0.965. The van der Waals surface area contributed by atoms with Crippen LogP contribution >= 0.6 is 11.6 Å². The molecule has 1 unspecified atom stereocenters. The van der Waals surface area contributed by atoms with Gasteiger partial charge in [-0.3, -0.25) is 4.79 Å². The van der Waals surface area contributed by atoms with Gasteiger partial charge < -0.3 is 19.9 Å². The van der Waals surface area contributed by atoms with Crippen molar-refractivity contribution in [1.29, 1.82) is 0 Å². The molecule has 0 saturated heterocycles. The number of aliphatic hydroxyl groups is 1. The molecular weight excluding hydrogens is 298 g/mol. The van der Waals surface area contributed by atoms with Crippen LogP contribution in [0, 0.1) is 0 Å². The molecule has 8 heteroatoms. The van der Waals surface area contributed by atoms with Crippen molar-refractivity contribution in [3.8, 4) is 0 Å². The molecule has 0 aromatic carbocycles. The van der Waals surface area contributed by atoms with Gasteiger partial charge in [0.25, 0.3) is 5.56 Å². The maximum Gasteiger partial charge on any atom is 0.287 e. The Morgan fingerprint density at radius 1 is 1.43 bits per heavy atom. The minimum Gasteiger partial charge on any atom is -0.388 e. The summed E-state index contributed by atoms with van der Waals surface area (Å²) in [6, 6.07) is 0. The zero-order valence-electron chi connectivity index (χ0n) is 12.6. The largest absolute Gasteiger partial charge is 0.388 e. The molecule has 120 valence electrons. The Balaban J connectivity index is 2.72. The highest BCUT2D eigenvalue weighted by molar-refractivity contribution is 6.32. The summed E-state index contributed by atoms with van der Waals surface area (Å²) in [6.07, 6.45) is 1.93. The van der Waals surface area contributed by atoms with Crippen LogP contribution in [0.3, 0.4) is 0 Å². The van der Waals surface area contributed by atoms with E-state index in [4.69, 9.17) is 21.1 Å². The highest BCUT2D eigenvalue weighted by Gasteiger charge is 2.20. The lowest BCUT2D eigenvalue weighted by molar-refractivity contribution is 0.0357. The third kappa shape index (κ3) is 5.62. The summed E-state index contributed by atoms with van der Waals surface area (Å²) < 4.78 is 11.1. The summed E-state index contributed by atoms with van der Waals surface area (Å²) in [6.45, 7) is 3.07. The molecule has 1 heterocycles. The van der Waals surface area contributed by atoms with E-state index >= 15 is 0 Å². The Labute approximate surface area is 128 Å². The van der Waals surface area contributed by atoms with E-state index in [1.165, 1.54) is 10.9 Å². The molecule has 0 fully saturated rings. The second kappa shape index (κ2) is 8.33. The number of hydrogen-bond acceptors (Lipinski definition) is 6. The van der Waals surface area contributed by atoms with Crippen molar-refractivity contribution in [2.24, 2.45) is 0 Å². The fourth-order valence-corrected chi connectivity index (χ4v) is 1.83. The van der Waals surface area contributed by atoms with Crippen molar-refractivity contribution in [1.82, 2.24) is 9.78 Å². The SMILES string of the molecule is COCCn1ncc(NCC(C)(O)CCOC)c(Cl)c1=O. The summed E-state index contributed by atoms with van der Waals surface area (Å²) in [5, 5.41) is 17.1. The zero-order valence-corrected chi connectivity index (χ0v) is 13.3. The predicted molar refractivity (Wildman–Crippen MR) is 81.0 cm³/mol. The molecule has 1 aromatic heterocycles. The Morgan fingerprint density at radius 3 is 2.71 bits per heavy atom. The van der Waals surface area contributed by atoms with Crippen LogP contribution in [-0.2, 0) is 16.0 Å². The molecule has 1 atom stereocenters. The maximum atomic E-state index is 12.0. The summed E-state index contributed by atoms with van der Waals surface area (Å²) >= 11 is 6.03. The molecule has 1 aromatic rings. The number of anilines is 1. The van der Waals surface area contributed by atoms with Gasteiger partial charge in [0.2, 0.25) is 0 Å². The Bertz CT molecular complexity index is 505. The number of aromatic nitrogens is 2. The molecule has 21 heavy (non-hydrogen) atoms. The fourth-order valence-electron chi connectivity index (χ4n) is 1.62. The van der Waals surface area contributed by atoms with Crippen LogP contribution < -0.4 is 10.9 Å². The minimum absolute atomic E-state index is 0.0450.